The highest BCUT2D eigenvalue weighted by molar-refractivity contribution is 5.89. The molecule has 0 spiro atoms. The van der Waals surface area contributed by atoms with Crippen molar-refractivity contribution in [1.29, 1.82) is 0 Å². The molecule has 18 heavy (non-hydrogen) atoms. The third-order valence-electron chi connectivity index (χ3n) is 4.04. The summed E-state index contributed by atoms with van der Waals surface area (Å²) in [5.41, 5.74) is -0.851. The zero-order valence-corrected chi connectivity index (χ0v) is 10.9. The minimum absolute atomic E-state index is 0.0287. The molecule has 1 heterocycles. The first-order chi connectivity index (χ1) is 8.50. The van der Waals surface area contributed by atoms with E-state index in [-0.39, 0.29) is 18.2 Å². The van der Waals surface area contributed by atoms with Crippen LogP contribution in [0.5, 0.6) is 0 Å². The van der Waals surface area contributed by atoms with Crippen molar-refractivity contribution in [2.24, 2.45) is 0 Å². The molecule has 5 nitrogen and oxygen atoms in total. The van der Waals surface area contributed by atoms with Crippen LogP contribution in [0.1, 0.15) is 44.9 Å². The Morgan fingerprint density at radius 3 is 2.67 bits per heavy atom. The van der Waals surface area contributed by atoms with Crippen molar-refractivity contribution in [2.45, 2.75) is 56.6 Å². The molecule has 1 atom stereocenters. The van der Waals surface area contributed by atoms with E-state index in [0.29, 0.717) is 25.8 Å². The first kappa shape index (κ1) is 13.3. The second-order valence-electron chi connectivity index (χ2n) is 5.63. The van der Waals surface area contributed by atoms with Crippen molar-refractivity contribution >= 4 is 11.8 Å². The summed E-state index contributed by atoms with van der Waals surface area (Å²) >= 11 is 0. The lowest BCUT2D eigenvalue weighted by Gasteiger charge is -2.31. The number of hydrogen-bond donors (Lipinski definition) is 2. The van der Waals surface area contributed by atoms with E-state index in [9.17, 15) is 14.7 Å². The van der Waals surface area contributed by atoms with Crippen LogP contribution < -0.4 is 5.32 Å². The van der Waals surface area contributed by atoms with E-state index in [4.69, 9.17) is 0 Å². The number of carbonyl (C=O) groups is 2. The molecule has 0 radical (unpaired) electrons. The van der Waals surface area contributed by atoms with Gasteiger partial charge in [0.05, 0.1) is 12.0 Å². The number of nitrogens with one attached hydrogen (secondary N) is 1. The molecule has 2 aliphatic rings. The van der Waals surface area contributed by atoms with Crippen LogP contribution in [0.15, 0.2) is 0 Å². The maximum atomic E-state index is 11.9. The lowest BCUT2D eigenvalue weighted by atomic mass is 9.82. The van der Waals surface area contributed by atoms with Gasteiger partial charge in [-0.15, -0.1) is 0 Å². The molecule has 1 saturated carbocycles. The molecule has 0 aromatic rings. The fourth-order valence-electron chi connectivity index (χ4n) is 2.89. The highest BCUT2D eigenvalue weighted by atomic mass is 16.3. The Morgan fingerprint density at radius 2 is 2.11 bits per heavy atom. The first-order valence-corrected chi connectivity index (χ1v) is 6.77. The minimum atomic E-state index is -0.851. The molecule has 2 rings (SSSR count). The topological polar surface area (TPSA) is 69.6 Å². The Hall–Kier alpha value is -1.10. The Bertz CT molecular complexity index is 337. The largest absolute Gasteiger partial charge is 0.389 e. The van der Waals surface area contributed by atoms with Gasteiger partial charge in [-0.2, -0.15) is 0 Å². The van der Waals surface area contributed by atoms with Gasteiger partial charge < -0.3 is 15.3 Å². The van der Waals surface area contributed by atoms with Gasteiger partial charge in [0.1, 0.15) is 6.04 Å². The number of amides is 2. The minimum Gasteiger partial charge on any atom is -0.389 e. The third-order valence-corrected chi connectivity index (χ3v) is 4.04. The fourth-order valence-corrected chi connectivity index (χ4v) is 2.89. The zero-order chi connectivity index (χ0) is 13.2. The molecule has 2 amide bonds. The summed E-state index contributed by atoms with van der Waals surface area (Å²) in [7, 11) is 1.74. The Labute approximate surface area is 108 Å². The van der Waals surface area contributed by atoms with Gasteiger partial charge in [-0.1, -0.05) is 19.3 Å². The van der Waals surface area contributed by atoms with Gasteiger partial charge in [0.2, 0.25) is 11.8 Å². The molecular formula is C13H22N2O3. The van der Waals surface area contributed by atoms with Crippen LogP contribution >= 0.6 is 0 Å². The van der Waals surface area contributed by atoms with Crippen LogP contribution in [0.2, 0.25) is 0 Å². The fraction of sp³-hybridized carbons (Fsp3) is 0.846. The number of rotatable bonds is 3. The summed E-state index contributed by atoms with van der Waals surface area (Å²) in [5.74, 6) is -0.230. The third kappa shape index (κ3) is 3.02. The van der Waals surface area contributed by atoms with E-state index >= 15 is 0 Å². The van der Waals surface area contributed by atoms with E-state index in [2.05, 4.69) is 5.32 Å². The van der Waals surface area contributed by atoms with Gasteiger partial charge in [0.15, 0.2) is 0 Å². The van der Waals surface area contributed by atoms with Crippen LogP contribution in [0, 0.1) is 0 Å². The lowest BCUT2D eigenvalue weighted by molar-refractivity contribution is -0.134. The molecule has 0 bridgehead atoms. The van der Waals surface area contributed by atoms with E-state index in [1.54, 1.807) is 11.9 Å². The normalized spacial score (nSPS) is 27.3. The van der Waals surface area contributed by atoms with Crippen molar-refractivity contribution in [3.05, 3.63) is 0 Å². The van der Waals surface area contributed by atoms with Crippen molar-refractivity contribution in [3.63, 3.8) is 0 Å². The predicted octanol–water partition coefficient (Wildman–Crippen LogP) is 0.419. The Kier molecular flexibility index (Phi) is 3.90. The molecular weight excluding hydrogens is 232 g/mol. The molecule has 1 saturated heterocycles. The van der Waals surface area contributed by atoms with Gasteiger partial charge in [0.25, 0.3) is 0 Å². The molecule has 1 aliphatic heterocycles. The second kappa shape index (κ2) is 5.26. The summed E-state index contributed by atoms with van der Waals surface area (Å²) in [6, 6.07) is -0.394. The monoisotopic (exact) mass is 254 g/mol. The number of nitrogens with zero attached hydrogens (tertiary/aromatic N) is 1. The summed E-state index contributed by atoms with van der Waals surface area (Å²) in [6.07, 6.45) is 5.28. The molecule has 0 aromatic carbocycles. The van der Waals surface area contributed by atoms with Crippen LogP contribution in [-0.2, 0) is 9.59 Å². The van der Waals surface area contributed by atoms with E-state index < -0.39 is 11.6 Å². The van der Waals surface area contributed by atoms with Crippen LogP contribution in [0.3, 0.4) is 0 Å². The SMILES string of the molecule is CN1CCC(NC(=O)CC2(O)CCCCC2)C1=O. The number of carbonyl (C=O) groups excluding carboxylic acids is 2. The highest BCUT2D eigenvalue weighted by Crippen LogP contribution is 2.30. The standard InChI is InChI=1S/C13H22N2O3/c1-15-8-5-10(12(15)17)14-11(16)9-13(18)6-3-2-4-7-13/h10,18H,2-9H2,1H3,(H,14,16). The Morgan fingerprint density at radius 1 is 1.44 bits per heavy atom. The molecule has 2 N–H and O–H groups in total. The average Bonchev–Trinajstić information content (AvgIpc) is 2.61. The van der Waals surface area contributed by atoms with Crippen molar-refractivity contribution in [3.8, 4) is 0 Å². The molecule has 0 aromatic heterocycles. The smallest absolute Gasteiger partial charge is 0.244 e. The summed E-state index contributed by atoms with van der Waals surface area (Å²) in [6.45, 7) is 0.689. The second-order valence-corrected chi connectivity index (χ2v) is 5.63. The van der Waals surface area contributed by atoms with Gasteiger partial charge >= 0.3 is 0 Å². The molecule has 2 fully saturated rings. The number of likely N-dealkylation sites (tertiary alicyclic amines) is 1. The number of hydrogen-bond acceptors (Lipinski definition) is 3. The number of likely N-dealkylation sites (N-methyl/N-ethyl adjacent to an activating group) is 1. The van der Waals surface area contributed by atoms with E-state index in [1.165, 1.54) is 0 Å². The van der Waals surface area contributed by atoms with Crippen molar-refractivity contribution < 1.29 is 14.7 Å². The molecule has 102 valence electrons. The predicted molar refractivity (Wildman–Crippen MR) is 66.8 cm³/mol. The first-order valence-electron chi connectivity index (χ1n) is 6.77. The van der Waals surface area contributed by atoms with Gasteiger partial charge in [-0.3, -0.25) is 9.59 Å². The summed E-state index contributed by atoms with van der Waals surface area (Å²) in [4.78, 5) is 25.2. The maximum Gasteiger partial charge on any atom is 0.244 e. The molecule has 1 aliphatic carbocycles. The van der Waals surface area contributed by atoms with Crippen LogP contribution in [0.4, 0.5) is 0 Å². The summed E-state index contributed by atoms with van der Waals surface area (Å²) in [5, 5.41) is 13.0. The van der Waals surface area contributed by atoms with Crippen LogP contribution in [0.25, 0.3) is 0 Å². The van der Waals surface area contributed by atoms with Crippen LogP contribution in [-0.4, -0.2) is 47.1 Å². The molecule has 5 heteroatoms. The highest BCUT2D eigenvalue weighted by Gasteiger charge is 2.35. The number of aliphatic hydroxyl groups is 1. The van der Waals surface area contributed by atoms with Crippen molar-refractivity contribution in [2.75, 3.05) is 13.6 Å². The Balaban J connectivity index is 1.83. The van der Waals surface area contributed by atoms with E-state index in [0.717, 1.165) is 19.3 Å². The molecule has 1 unspecified atom stereocenters. The van der Waals surface area contributed by atoms with Gasteiger partial charge in [-0.05, 0) is 19.3 Å². The summed E-state index contributed by atoms with van der Waals surface area (Å²) < 4.78 is 0. The van der Waals surface area contributed by atoms with Crippen molar-refractivity contribution in [1.82, 2.24) is 10.2 Å². The van der Waals surface area contributed by atoms with Gasteiger partial charge in [-0.25, -0.2) is 0 Å². The average molecular weight is 254 g/mol. The zero-order valence-electron chi connectivity index (χ0n) is 10.9. The lowest BCUT2D eigenvalue weighted by Crippen LogP contribution is -2.44. The van der Waals surface area contributed by atoms with E-state index in [1.807, 2.05) is 0 Å². The van der Waals surface area contributed by atoms with Gasteiger partial charge in [0, 0.05) is 13.6 Å². The quantitative estimate of drug-likeness (QED) is 0.767. The maximum absolute atomic E-state index is 11.9.